The zero-order chi connectivity index (χ0) is 18.8. The van der Waals surface area contributed by atoms with Crippen LogP contribution in [0.1, 0.15) is 31.3 Å². The van der Waals surface area contributed by atoms with Crippen molar-refractivity contribution in [1.82, 2.24) is 25.1 Å². The Labute approximate surface area is 153 Å². The summed E-state index contributed by atoms with van der Waals surface area (Å²) in [6.45, 7) is 7.99. The van der Waals surface area contributed by atoms with Crippen LogP contribution in [0.5, 0.6) is 0 Å². The average molecular weight is 360 g/mol. The minimum absolute atomic E-state index is 0.0349. The van der Waals surface area contributed by atoms with Gasteiger partial charge in [-0.25, -0.2) is 9.97 Å². The molecule has 2 aromatic rings. The van der Waals surface area contributed by atoms with Crippen molar-refractivity contribution in [3.8, 4) is 0 Å². The van der Waals surface area contributed by atoms with E-state index in [1.165, 1.54) is 0 Å². The maximum atomic E-state index is 12.4. The first-order chi connectivity index (χ1) is 12.4. The monoisotopic (exact) mass is 360 g/mol. The molecule has 0 saturated carbocycles. The minimum Gasteiger partial charge on any atom is -0.383 e. The molecule has 1 N–H and O–H groups in total. The highest BCUT2D eigenvalue weighted by Gasteiger charge is 2.28. The largest absolute Gasteiger partial charge is 0.383 e. The topological polar surface area (TPSA) is 85.2 Å². The third kappa shape index (κ3) is 3.65. The van der Waals surface area contributed by atoms with Crippen LogP contribution in [0.2, 0.25) is 0 Å². The molecule has 142 valence electrons. The third-order valence-electron chi connectivity index (χ3n) is 4.92. The second kappa shape index (κ2) is 7.57. The Bertz CT molecular complexity index is 795. The summed E-state index contributed by atoms with van der Waals surface area (Å²) in [4.78, 5) is 23.9. The molecule has 8 nitrogen and oxygen atoms in total. The number of anilines is 1. The summed E-state index contributed by atoms with van der Waals surface area (Å²) in [6, 6.07) is 0.0349. The standard InChI is InChI=1S/C18H28N6O2/c1-11(10-26-5)19-18(25)14-6-8-24(9-7-14)17-15-12(2)22-23(4)16(15)20-13(3)21-17/h11,14H,6-10H2,1-5H3,(H,19,25). The van der Waals surface area contributed by atoms with Crippen LogP contribution in [-0.4, -0.2) is 58.5 Å². The second-order valence-corrected chi connectivity index (χ2v) is 7.13. The van der Waals surface area contributed by atoms with Crippen molar-refractivity contribution in [3.63, 3.8) is 0 Å². The number of rotatable bonds is 5. The predicted molar refractivity (Wildman–Crippen MR) is 100 cm³/mol. The molecule has 26 heavy (non-hydrogen) atoms. The number of nitrogens with zero attached hydrogens (tertiary/aromatic N) is 5. The van der Waals surface area contributed by atoms with Gasteiger partial charge in [-0.2, -0.15) is 5.10 Å². The molecule has 1 unspecified atom stereocenters. The number of carbonyl (C=O) groups is 1. The van der Waals surface area contributed by atoms with Gasteiger partial charge in [-0.05, 0) is 33.6 Å². The van der Waals surface area contributed by atoms with Crippen molar-refractivity contribution in [2.45, 2.75) is 39.7 Å². The number of methoxy groups -OCH3 is 1. The fourth-order valence-electron chi connectivity index (χ4n) is 3.66. The van der Waals surface area contributed by atoms with E-state index in [1.807, 2.05) is 27.8 Å². The van der Waals surface area contributed by atoms with Gasteiger partial charge in [0.25, 0.3) is 0 Å². The number of carbonyl (C=O) groups excluding carboxylic acids is 1. The minimum atomic E-state index is 0.0349. The average Bonchev–Trinajstić information content (AvgIpc) is 2.88. The van der Waals surface area contributed by atoms with Gasteiger partial charge < -0.3 is 15.0 Å². The van der Waals surface area contributed by atoms with E-state index in [0.717, 1.165) is 54.3 Å². The molecule has 1 saturated heterocycles. The van der Waals surface area contributed by atoms with Crippen LogP contribution in [0, 0.1) is 19.8 Å². The van der Waals surface area contributed by atoms with Gasteiger partial charge in [-0.1, -0.05) is 0 Å². The van der Waals surface area contributed by atoms with Crippen molar-refractivity contribution in [2.24, 2.45) is 13.0 Å². The molecule has 1 aliphatic heterocycles. The Morgan fingerprint density at radius 3 is 2.65 bits per heavy atom. The SMILES string of the molecule is COCC(C)NC(=O)C1CCN(c2nc(C)nc3c2c(C)nn3C)CC1. The smallest absolute Gasteiger partial charge is 0.223 e. The first-order valence-corrected chi connectivity index (χ1v) is 9.13. The van der Waals surface area contributed by atoms with Crippen molar-refractivity contribution in [1.29, 1.82) is 0 Å². The highest BCUT2D eigenvalue weighted by molar-refractivity contribution is 5.90. The highest BCUT2D eigenvalue weighted by Crippen LogP contribution is 2.30. The van der Waals surface area contributed by atoms with Crippen LogP contribution in [0.4, 0.5) is 5.82 Å². The van der Waals surface area contributed by atoms with Crippen LogP contribution in [0.3, 0.4) is 0 Å². The van der Waals surface area contributed by atoms with Gasteiger partial charge in [-0.3, -0.25) is 9.48 Å². The molecular weight excluding hydrogens is 332 g/mol. The van der Waals surface area contributed by atoms with Gasteiger partial charge in [0.2, 0.25) is 5.91 Å². The quantitative estimate of drug-likeness (QED) is 0.866. The zero-order valence-electron chi connectivity index (χ0n) is 16.2. The maximum Gasteiger partial charge on any atom is 0.223 e. The molecule has 0 bridgehead atoms. The number of ether oxygens (including phenoxy) is 1. The number of hydrogen-bond acceptors (Lipinski definition) is 6. The van der Waals surface area contributed by atoms with E-state index in [1.54, 1.807) is 11.8 Å². The summed E-state index contributed by atoms with van der Waals surface area (Å²) < 4.78 is 6.89. The molecular formula is C18H28N6O2. The third-order valence-corrected chi connectivity index (χ3v) is 4.92. The summed E-state index contributed by atoms with van der Waals surface area (Å²) >= 11 is 0. The van der Waals surface area contributed by atoms with Gasteiger partial charge >= 0.3 is 0 Å². The number of piperidine rings is 1. The van der Waals surface area contributed by atoms with Crippen molar-refractivity contribution >= 4 is 22.8 Å². The van der Waals surface area contributed by atoms with Gasteiger partial charge in [0.1, 0.15) is 11.6 Å². The lowest BCUT2D eigenvalue weighted by Gasteiger charge is -2.33. The zero-order valence-corrected chi connectivity index (χ0v) is 16.2. The van der Waals surface area contributed by atoms with E-state index in [-0.39, 0.29) is 17.9 Å². The van der Waals surface area contributed by atoms with E-state index >= 15 is 0 Å². The summed E-state index contributed by atoms with van der Waals surface area (Å²) in [5.41, 5.74) is 1.80. The van der Waals surface area contributed by atoms with Gasteiger partial charge in [0.15, 0.2) is 5.65 Å². The van der Waals surface area contributed by atoms with E-state index in [4.69, 9.17) is 4.74 Å². The van der Waals surface area contributed by atoms with Crippen LogP contribution in [-0.2, 0) is 16.6 Å². The van der Waals surface area contributed by atoms with Gasteiger partial charge in [0.05, 0.1) is 17.7 Å². The molecule has 2 aromatic heterocycles. The molecule has 0 spiro atoms. The summed E-state index contributed by atoms with van der Waals surface area (Å²) in [6.07, 6.45) is 1.63. The fraction of sp³-hybridized carbons (Fsp3) is 0.667. The summed E-state index contributed by atoms with van der Waals surface area (Å²) in [7, 11) is 3.55. The highest BCUT2D eigenvalue weighted by atomic mass is 16.5. The molecule has 0 aliphatic carbocycles. The van der Waals surface area contributed by atoms with Crippen LogP contribution in [0.25, 0.3) is 11.0 Å². The summed E-state index contributed by atoms with van der Waals surface area (Å²) in [5.74, 6) is 1.84. The lowest BCUT2D eigenvalue weighted by Crippen LogP contribution is -2.44. The first kappa shape index (κ1) is 18.6. The lowest BCUT2D eigenvalue weighted by atomic mass is 9.95. The maximum absolute atomic E-state index is 12.4. The number of amides is 1. The van der Waals surface area contributed by atoms with Crippen molar-refractivity contribution in [3.05, 3.63) is 11.5 Å². The fourth-order valence-corrected chi connectivity index (χ4v) is 3.66. The Balaban J connectivity index is 1.73. The van der Waals surface area contributed by atoms with Crippen LogP contribution in [0.15, 0.2) is 0 Å². The molecule has 0 aromatic carbocycles. The van der Waals surface area contributed by atoms with E-state index in [9.17, 15) is 4.79 Å². The Morgan fingerprint density at radius 1 is 1.31 bits per heavy atom. The van der Waals surface area contributed by atoms with E-state index in [2.05, 4.69) is 25.3 Å². The molecule has 3 rings (SSSR count). The Hall–Kier alpha value is -2.22. The molecule has 1 amide bonds. The Morgan fingerprint density at radius 2 is 2.00 bits per heavy atom. The summed E-state index contributed by atoms with van der Waals surface area (Å²) in [5, 5.41) is 8.54. The normalized spacial score (nSPS) is 16.9. The molecule has 1 atom stereocenters. The van der Waals surface area contributed by atoms with Crippen molar-refractivity contribution in [2.75, 3.05) is 31.7 Å². The lowest BCUT2D eigenvalue weighted by molar-refractivity contribution is -0.126. The Kier molecular flexibility index (Phi) is 5.41. The van der Waals surface area contributed by atoms with E-state index < -0.39 is 0 Å². The molecule has 3 heterocycles. The molecule has 0 radical (unpaired) electrons. The molecule has 8 heteroatoms. The number of hydrogen-bond donors (Lipinski definition) is 1. The van der Waals surface area contributed by atoms with Gasteiger partial charge in [-0.15, -0.1) is 0 Å². The second-order valence-electron chi connectivity index (χ2n) is 7.13. The molecule has 1 fully saturated rings. The molecule has 1 aliphatic rings. The number of nitrogens with one attached hydrogen (secondary N) is 1. The van der Waals surface area contributed by atoms with Crippen molar-refractivity contribution < 1.29 is 9.53 Å². The van der Waals surface area contributed by atoms with E-state index in [0.29, 0.717) is 6.61 Å². The van der Waals surface area contributed by atoms with Gasteiger partial charge in [0, 0.05) is 39.2 Å². The van der Waals surface area contributed by atoms with Crippen LogP contribution < -0.4 is 10.2 Å². The number of aromatic nitrogens is 4. The predicted octanol–water partition coefficient (Wildman–Crippen LogP) is 1.35. The first-order valence-electron chi connectivity index (χ1n) is 9.13. The van der Waals surface area contributed by atoms with Crippen LogP contribution >= 0.6 is 0 Å². The number of aryl methyl sites for hydroxylation is 3. The number of fused-ring (bicyclic) bond motifs is 1.